The molecule has 1 rings (SSSR count). The van der Waals surface area contributed by atoms with Crippen molar-refractivity contribution in [3.05, 3.63) is 29.3 Å². The van der Waals surface area contributed by atoms with E-state index < -0.39 is 0 Å². The summed E-state index contributed by atoms with van der Waals surface area (Å²) in [5.74, 6) is 0. The van der Waals surface area contributed by atoms with Gasteiger partial charge in [0.25, 0.3) is 0 Å². The summed E-state index contributed by atoms with van der Waals surface area (Å²) >= 11 is 0. The third-order valence-electron chi connectivity index (χ3n) is 2.21. The van der Waals surface area contributed by atoms with Crippen LogP contribution in [0.15, 0.2) is 18.2 Å². The minimum absolute atomic E-state index is 0.0570. The molecule has 1 aromatic rings. The van der Waals surface area contributed by atoms with E-state index in [-0.39, 0.29) is 12.1 Å². The first kappa shape index (κ1) is 12.0. The Hall–Kier alpha value is -1.06. The Morgan fingerprint density at radius 2 is 1.93 bits per heavy atom. The molecule has 1 aromatic carbocycles. The molecule has 15 heavy (non-hydrogen) atoms. The van der Waals surface area contributed by atoms with E-state index in [0.29, 0.717) is 0 Å². The Morgan fingerprint density at radius 3 is 2.47 bits per heavy atom. The fourth-order valence-corrected chi connectivity index (χ4v) is 1.33. The minimum Gasteiger partial charge on any atom is -0.399 e. The van der Waals surface area contributed by atoms with E-state index in [0.717, 1.165) is 23.4 Å². The molecule has 0 aliphatic rings. The van der Waals surface area contributed by atoms with Crippen molar-refractivity contribution in [2.75, 3.05) is 5.73 Å². The van der Waals surface area contributed by atoms with Crippen LogP contribution < -0.4 is 11.1 Å². The lowest BCUT2D eigenvalue weighted by Gasteiger charge is -2.21. The van der Waals surface area contributed by atoms with Gasteiger partial charge in [0.2, 0.25) is 0 Å². The van der Waals surface area contributed by atoms with Crippen LogP contribution in [-0.4, -0.2) is 10.6 Å². The molecule has 0 spiro atoms. The lowest BCUT2D eigenvalue weighted by Crippen LogP contribution is -2.35. The molecular weight excluding hydrogens is 188 g/mol. The van der Waals surface area contributed by atoms with Crippen molar-refractivity contribution in [3.63, 3.8) is 0 Å². The molecule has 0 unspecified atom stereocenters. The monoisotopic (exact) mass is 208 g/mol. The number of hydrogen-bond acceptors (Lipinski definition) is 3. The first-order valence-electron chi connectivity index (χ1n) is 5.15. The molecule has 0 aromatic heterocycles. The van der Waals surface area contributed by atoms with E-state index in [2.05, 4.69) is 26.1 Å². The van der Waals surface area contributed by atoms with E-state index in [1.807, 2.05) is 18.2 Å². The molecule has 84 valence electrons. The van der Waals surface area contributed by atoms with Crippen molar-refractivity contribution in [1.82, 2.24) is 5.32 Å². The van der Waals surface area contributed by atoms with Gasteiger partial charge >= 0.3 is 0 Å². The summed E-state index contributed by atoms with van der Waals surface area (Å²) in [5.41, 5.74) is 8.51. The van der Waals surface area contributed by atoms with Crippen molar-refractivity contribution in [2.24, 2.45) is 0 Å². The second kappa shape index (κ2) is 4.64. The Bertz CT molecular complexity index is 329. The van der Waals surface area contributed by atoms with Gasteiger partial charge in [-0.15, -0.1) is 0 Å². The van der Waals surface area contributed by atoms with Crippen molar-refractivity contribution in [3.8, 4) is 0 Å². The van der Waals surface area contributed by atoms with Crippen LogP contribution in [0.2, 0.25) is 0 Å². The molecule has 0 fully saturated rings. The molecule has 0 heterocycles. The van der Waals surface area contributed by atoms with Crippen molar-refractivity contribution in [1.29, 1.82) is 0 Å². The SMILES string of the molecule is CC(C)(C)NCc1cc(N)ccc1CO. The number of benzene rings is 1. The van der Waals surface area contributed by atoms with Gasteiger partial charge in [-0.1, -0.05) is 6.07 Å². The highest BCUT2D eigenvalue weighted by atomic mass is 16.3. The van der Waals surface area contributed by atoms with Crippen molar-refractivity contribution < 1.29 is 5.11 Å². The van der Waals surface area contributed by atoms with Gasteiger partial charge in [0.15, 0.2) is 0 Å². The summed E-state index contributed by atoms with van der Waals surface area (Å²) in [6.45, 7) is 7.11. The van der Waals surface area contributed by atoms with Crippen LogP contribution in [0.5, 0.6) is 0 Å². The van der Waals surface area contributed by atoms with Gasteiger partial charge in [-0.25, -0.2) is 0 Å². The maximum atomic E-state index is 9.17. The van der Waals surface area contributed by atoms with Crippen LogP contribution in [0.25, 0.3) is 0 Å². The summed E-state index contributed by atoms with van der Waals surface area (Å²) in [7, 11) is 0. The van der Waals surface area contributed by atoms with E-state index >= 15 is 0 Å². The van der Waals surface area contributed by atoms with E-state index in [9.17, 15) is 5.11 Å². The maximum absolute atomic E-state index is 9.17. The number of nitrogens with one attached hydrogen (secondary N) is 1. The number of anilines is 1. The zero-order chi connectivity index (χ0) is 11.5. The molecule has 0 atom stereocenters. The first-order chi connectivity index (χ1) is 6.92. The average Bonchev–Trinajstić information content (AvgIpc) is 2.14. The Morgan fingerprint density at radius 1 is 1.27 bits per heavy atom. The predicted molar refractivity (Wildman–Crippen MR) is 63.4 cm³/mol. The van der Waals surface area contributed by atoms with Crippen LogP contribution in [0.3, 0.4) is 0 Å². The van der Waals surface area contributed by atoms with Crippen molar-refractivity contribution in [2.45, 2.75) is 39.5 Å². The molecule has 0 saturated heterocycles. The fraction of sp³-hybridized carbons (Fsp3) is 0.500. The van der Waals surface area contributed by atoms with Gasteiger partial charge in [-0.2, -0.15) is 0 Å². The number of hydrogen-bond donors (Lipinski definition) is 3. The summed E-state index contributed by atoms with van der Waals surface area (Å²) < 4.78 is 0. The third-order valence-corrected chi connectivity index (χ3v) is 2.21. The second-order valence-corrected chi connectivity index (χ2v) is 4.79. The van der Waals surface area contributed by atoms with Crippen molar-refractivity contribution >= 4 is 5.69 Å². The van der Waals surface area contributed by atoms with Crippen LogP contribution in [-0.2, 0) is 13.2 Å². The molecule has 0 bridgehead atoms. The largest absolute Gasteiger partial charge is 0.399 e. The van der Waals surface area contributed by atoms with Gasteiger partial charge in [-0.05, 0) is 44.0 Å². The summed E-state index contributed by atoms with van der Waals surface area (Å²) in [4.78, 5) is 0. The predicted octanol–water partition coefficient (Wildman–Crippen LogP) is 1.65. The van der Waals surface area contributed by atoms with Crippen LogP contribution in [0.1, 0.15) is 31.9 Å². The van der Waals surface area contributed by atoms with Gasteiger partial charge in [0.05, 0.1) is 6.61 Å². The normalized spacial score (nSPS) is 11.7. The van der Waals surface area contributed by atoms with Gasteiger partial charge in [0, 0.05) is 17.8 Å². The smallest absolute Gasteiger partial charge is 0.0685 e. The number of aliphatic hydroxyl groups excluding tert-OH is 1. The third kappa shape index (κ3) is 3.90. The molecule has 0 saturated carbocycles. The highest BCUT2D eigenvalue weighted by Crippen LogP contribution is 2.14. The van der Waals surface area contributed by atoms with Gasteiger partial charge < -0.3 is 16.2 Å². The lowest BCUT2D eigenvalue weighted by atomic mass is 10.0. The lowest BCUT2D eigenvalue weighted by molar-refractivity contribution is 0.279. The molecule has 3 heteroatoms. The highest BCUT2D eigenvalue weighted by Gasteiger charge is 2.10. The molecule has 0 aliphatic carbocycles. The molecule has 4 N–H and O–H groups in total. The van der Waals surface area contributed by atoms with E-state index in [4.69, 9.17) is 5.73 Å². The van der Waals surface area contributed by atoms with Crippen LogP contribution in [0, 0.1) is 0 Å². The Labute approximate surface area is 91.3 Å². The zero-order valence-corrected chi connectivity index (χ0v) is 9.67. The summed E-state index contributed by atoms with van der Waals surface area (Å²) in [6.07, 6.45) is 0. The minimum atomic E-state index is 0.0570. The van der Waals surface area contributed by atoms with Gasteiger partial charge in [-0.3, -0.25) is 0 Å². The van der Waals surface area contributed by atoms with Crippen LogP contribution >= 0.6 is 0 Å². The topological polar surface area (TPSA) is 58.3 Å². The number of nitrogens with two attached hydrogens (primary N) is 1. The number of rotatable bonds is 3. The first-order valence-corrected chi connectivity index (χ1v) is 5.15. The Kier molecular flexibility index (Phi) is 3.72. The quantitative estimate of drug-likeness (QED) is 0.662. The molecule has 3 nitrogen and oxygen atoms in total. The molecular formula is C12H20N2O. The average molecular weight is 208 g/mol. The highest BCUT2D eigenvalue weighted by molar-refractivity contribution is 5.44. The van der Waals surface area contributed by atoms with Gasteiger partial charge in [0.1, 0.15) is 0 Å². The van der Waals surface area contributed by atoms with E-state index in [1.165, 1.54) is 0 Å². The molecule has 0 radical (unpaired) electrons. The summed E-state index contributed by atoms with van der Waals surface area (Å²) in [5, 5.41) is 12.5. The maximum Gasteiger partial charge on any atom is 0.0685 e. The Balaban J connectivity index is 2.79. The second-order valence-electron chi connectivity index (χ2n) is 4.79. The molecule has 0 aliphatic heterocycles. The van der Waals surface area contributed by atoms with Crippen LogP contribution in [0.4, 0.5) is 5.69 Å². The zero-order valence-electron chi connectivity index (χ0n) is 9.67. The summed E-state index contributed by atoms with van der Waals surface area (Å²) in [6, 6.07) is 5.59. The fourth-order valence-electron chi connectivity index (χ4n) is 1.33. The molecule has 0 amide bonds. The van der Waals surface area contributed by atoms with E-state index in [1.54, 1.807) is 0 Å². The standard InChI is InChI=1S/C12H20N2O/c1-12(2,3)14-7-10-6-11(13)5-4-9(10)8-15/h4-6,14-15H,7-8,13H2,1-3H3. The number of aliphatic hydroxyl groups is 1. The number of nitrogen functional groups attached to an aromatic ring is 1.